The molecule has 0 spiro atoms. The van der Waals surface area contributed by atoms with Gasteiger partial charge < -0.3 is 10.2 Å². The van der Waals surface area contributed by atoms with Gasteiger partial charge in [0.05, 0.1) is 0 Å². The van der Waals surface area contributed by atoms with E-state index in [0.29, 0.717) is 0 Å². The smallest absolute Gasteiger partial charge is 0.867 e. The van der Waals surface area contributed by atoms with Gasteiger partial charge in [-0.3, -0.25) is 19.2 Å². The second-order valence-corrected chi connectivity index (χ2v) is 1.99. The number of phenols is 1. The van der Waals surface area contributed by atoms with Crippen LogP contribution in [0.3, 0.4) is 0 Å². The molecule has 0 saturated carbocycles. The van der Waals surface area contributed by atoms with Crippen LogP contribution in [0.2, 0.25) is 0 Å². The van der Waals surface area contributed by atoms with Gasteiger partial charge in [0.2, 0.25) is 5.43 Å². The first-order valence-corrected chi connectivity index (χ1v) is 2.74. The predicted octanol–water partition coefficient (Wildman–Crippen LogP) is -6.21. The van der Waals surface area contributed by atoms with Crippen molar-refractivity contribution in [3.05, 3.63) is 40.9 Å². The van der Waals surface area contributed by atoms with Gasteiger partial charge in [-0.25, -0.2) is 0 Å². The Kier molecular flexibility index (Phi) is 4.13. The first kappa shape index (κ1) is 12.7. The molecular weight excluding hydrogens is 207 g/mol. The van der Waals surface area contributed by atoms with Crippen molar-refractivity contribution in [1.29, 1.82) is 0 Å². The molecule has 1 aromatic rings. The van der Waals surface area contributed by atoms with Crippen molar-refractivity contribution in [3.8, 4) is 11.5 Å². The third kappa shape index (κ3) is 1.94. The van der Waals surface area contributed by atoms with Crippen LogP contribution < -0.4 is 78.2 Å². The van der Waals surface area contributed by atoms with Crippen LogP contribution in [0.25, 0.3) is 0 Å². The van der Waals surface area contributed by atoms with E-state index in [2.05, 4.69) is 0 Å². The van der Waals surface area contributed by atoms with Gasteiger partial charge in [-0.2, -0.15) is 0 Å². The summed E-state index contributed by atoms with van der Waals surface area (Å²) in [5.74, 6) is -3.10. The SMILES string of the molecule is O=c1c([O-])c(O)c(=O)c(=O)c1=O.[K+]. The van der Waals surface area contributed by atoms with Crippen molar-refractivity contribution in [2.24, 2.45) is 0 Å². The first-order valence-electron chi connectivity index (χ1n) is 2.74. The molecule has 0 aliphatic carbocycles. The molecule has 0 saturated heterocycles. The molecule has 0 radical (unpaired) electrons. The van der Waals surface area contributed by atoms with Gasteiger partial charge in [0.25, 0.3) is 16.3 Å². The van der Waals surface area contributed by atoms with Gasteiger partial charge in [0, 0.05) is 0 Å². The van der Waals surface area contributed by atoms with Crippen molar-refractivity contribution in [2.75, 3.05) is 0 Å². The van der Waals surface area contributed by atoms with Crippen LogP contribution in [0.5, 0.6) is 11.5 Å². The van der Waals surface area contributed by atoms with Crippen LogP contribution in [0.1, 0.15) is 0 Å². The second kappa shape index (κ2) is 4.25. The summed E-state index contributed by atoms with van der Waals surface area (Å²) in [4.78, 5) is 41.8. The van der Waals surface area contributed by atoms with E-state index in [1.807, 2.05) is 0 Å². The van der Waals surface area contributed by atoms with E-state index in [1.165, 1.54) is 0 Å². The molecule has 0 fully saturated rings. The van der Waals surface area contributed by atoms with Gasteiger partial charge in [0.15, 0.2) is 5.75 Å². The van der Waals surface area contributed by atoms with Crippen LogP contribution in [0.4, 0.5) is 0 Å². The van der Waals surface area contributed by atoms with E-state index in [4.69, 9.17) is 5.11 Å². The Hall–Kier alpha value is -0.344. The summed E-state index contributed by atoms with van der Waals surface area (Å²) < 4.78 is 0. The van der Waals surface area contributed by atoms with Crippen LogP contribution in [0.15, 0.2) is 19.2 Å². The van der Waals surface area contributed by atoms with Crippen LogP contribution in [0, 0.1) is 0 Å². The van der Waals surface area contributed by atoms with E-state index in [-0.39, 0.29) is 51.4 Å². The standard InChI is InChI=1S/C6H2O6.K/c7-1-2(8)4(10)6(12)5(11)3(1)9;/h7-8H;/q;+1/p-1. The summed E-state index contributed by atoms with van der Waals surface area (Å²) in [6, 6.07) is 0. The molecule has 0 heterocycles. The molecule has 0 atom stereocenters. The van der Waals surface area contributed by atoms with Gasteiger partial charge in [-0.15, -0.1) is 0 Å². The molecule has 62 valence electrons. The Morgan fingerprint density at radius 1 is 0.846 bits per heavy atom. The molecule has 1 aromatic carbocycles. The van der Waals surface area contributed by atoms with Crippen molar-refractivity contribution < 1.29 is 61.6 Å². The van der Waals surface area contributed by atoms with E-state index in [0.717, 1.165) is 0 Å². The molecule has 6 nitrogen and oxygen atoms in total. The number of benzene rings is 1. The van der Waals surface area contributed by atoms with Crippen molar-refractivity contribution in [2.45, 2.75) is 0 Å². The average Bonchev–Trinajstić information content (AvgIpc) is 2.08. The fourth-order valence-electron chi connectivity index (χ4n) is 0.628. The van der Waals surface area contributed by atoms with E-state index in [9.17, 15) is 24.3 Å². The summed E-state index contributed by atoms with van der Waals surface area (Å²) in [5, 5.41) is 19.0. The zero-order valence-electron chi connectivity index (χ0n) is 6.49. The van der Waals surface area contributed by atoms with E-state index >= 15 is 0 Å². The van der Waals surface area contributed by atoms with E-state index in [1.54, 1.807) is 0 Å². The monoisotopic (exact) mass is 208 g/mol. The molecule has 0 aliphatic rings. The molecule has 1 N–H and O–H groups in total. The topological polar surface area (TPSA) is 112 Å². The second-order valence-electron chi connectivity index (χ2n) is 1.99. The first-order chi connectivity index (χ1) is 5.46. The Bertz CT molecular complexity index is 475. The molecule has 13 heavy (non-hydrogen) atoms. The third-order valence-corrected chi connectivity index (χ3v) is 1.26. The van der Waals surface area contributed by atoms with Gasteiger partial charge in [0.1, 0.15) is 0 Å². The summed E-state index contributed by atoms with van der Waals surface area (Å²) in [6.07, 6.45) is 0. The maximum absolute atomic E-state index is 10.5. The molecule has 0 aromatic heterocycles. The number of hydrogen-bond donors (Lipinski definition) is 1. The Labute approximate surface area is 113 Å². The number of hydrogen-bond acceptors (Lipinski definition) is 6. The summed E-state index contributed by atoms with van der Waals surface area (Å²) in [7, 11) is 0. The summed E-state index contributed by atoms with van der Waals surface area (Å²) in [5.41, 5.74) is -6.65. The Balaban J connectivity index is 0.00000144. The quantitative estimate of drug-likeness (QED) is 0.335. The van der Waals surface area contributed by atoms with Crippen LogP contribution in [-0.2, 0) is 0 Å². The molecule has 0 amide bonds. The minimum Gasteiger partial charge on any atom is -0.867 e. The molecule has 0 bridgehead atoms. The molecule has 0 unspecified atom stereocenters. The minimum atomic E-state index is -1.69. The fourth-order valence-corrected chi connectivity index (χ4v) is 0.628. The Morgan fingerprint density at radius 2 is 1.23 bits per heavy atom. The van der Waals surface area contributed by atoms with Crippen molar-refractivity contribution in [1.82, 2.24) is 0 Å². The van der Waals surface area contributed by atoms with Gasteiger partial charge in [-0.1, -0.05) is 0 Å². The number of rotatable bonds is 0. The van der Waals surface area contributed by atoms with Crippen molar-refractivity contribution in [3.63, 3.8) is 0 Å². The number of phenolic OH excluding ortho intramolecular Hbond substituents is 1. The van der Waals surface area contributed by atoms with Crippen LogP contribution in [-0.4, -0.2) is 5.11 Å². The average molecular weight is 208 g/mol. The zero-order chi connectivity index (χ0) is 9.46. The predicted molar refractivity (Wildman–Crippen MR) is 35.0 cm³/mol. The third-order valence-electron chi connectivity index (χ3n) is 1.26. The van der Waals surface area contributed by atoms with Gasteiger partial charge in [-0.05, 0) is 5.75 Å². The normalized spacial score (nSPS) is 9.23. The molecule has 0 aliphatic heterocycles. The van der Waals surface area contributed by atoms with Crippen LogP contribution >= 0.6 is 0 Å². The molecule has 1 rings (SSSR count). The summed E-state index contributed by atoms with van der Waals surface area (Å²) in [6.45, 7) is 0. The van der Waals surface area contributed by atoms with Crippen molar-refractivity contribution >= 4 is 0 Å². The molecule has 7 heteroatoms. The minimum absolute atomic E-state index is 0. The fraction of sp³-hybridized carbons (Fsp3) is 0. The number of aromatic hydroxyl groups is 1. The Morgan fingerprint density at radius 3 is 1.69 bits per heavy atom. The maximum Gasteiger partial charge on any atom is 1.00 e. The zero-order valence-corrected chi connectivity index (χ0v) is 9.61. The molecular formula is C6HKO6. The van der Waals surface area contributed by atoms with Gasteiger partial charge >= 0.3 is 51.4 Å². The maximum atomic E-state index is 10.5. The largest absolute Gasteiger partial charge is 1.00 e. The van der Waals surface area contributed by atoms with E-state index < -0.39 is 33.2 Å². The summed E-state index contributed by atoms with van der Waals surface area (Å²) >= 11 is 0.